The summed E-state index contributed by atoms with van der Waals surface area (Å²) in [5.41, 5.74) is 0.832. The van der Waals surface area contributed by atoms with Gasteiger partial charge in [-0.25, -0.2) is 17.5 Å². The Morgan fingerprint density at radius 1 is 1.23 bits per heavy atom. The van der Waals surface area contributed by atoms with Crippen molar-refractivity contribution in [3.05, 3.63) is 52.1 Å². The number of halogens is 2. The average molecular weight is 363 g/mol. The quantitative estimate of drug-likeness (QED) is 0.858. The molecule has 1 N–H and O–H groups in total. The fourth-order valence-corrected chi connectivity index (χ4v) is 4.55. The van der Waals surface area contributed by atoms with Crippen LogP contribution in [0.1, 0.15) is 11.6 Å². The molecule has 1 aromatic heterocycles. The van der Waals surface area contributed by atoms with E-state index in [1.54, 1.807) is 18.2 Å². The maximum absolute atomic E-state index is 13.0. The fourth-order valence-electron chi connectivity index (χ4n) is 1.99. The van der Waals surface area contributed by atoms with E-state index >= 15 is 0 Å². The van der Waals surface area contributed by atoms with E-state index in [-0.39, 0.29) is 22.6 Å². The van der Waals surface area contributed by atoms with Gasteiger partial charge in [-0.15, -0.1) is 11.3 Å². The van der Waals surface area contributed by atoms with Gasteiger partial charge in [-0.05, 0) is 43.9 Å². The molecule has 0 saturated heterocycles. The van der Waals surface area contributed by atoms with Crippen LogP contribution in [0.25, 0.3) is 0 Å². The number of hydrogen-bond donors (Lipinski definition) is 1. The Morgan fingerprint density at radius 2 is 1.86 bits per heavy atom. The van der Waals surface area contributed by atoms with E-state index in [0.717, 1.165) is 16.9 Å². The second-order valence-electron chi connectivity index (χ2n) is 4.94. The van der Waals surface area contributed by atoms with Crippen molar-refractivity contribution in [2.75, 3.05) is 20.6 Å². The molecule has 0 unspecified atom stereocenters. The zero-order chi connectivity index (χ0) is 16.3. The Bertz CT molecular complexity index is 730. The highest BCUT2D eigenvalue weighted by atomic mass is 35.5. The second-order valence-corrected chi connectivity index (χ2v) is 8.65. The molecule has 0 spiro atoms. The van der Waals surface area contributed by atoms with Crippen molar-refractivity contribution >= 4 is 33.0 Å². The van der Waals surface area contributed by atoms with Crippen molar-refractivity contribution in [3.63, 3.8) is 0 Å². The Balaban J connectivity index is 2.14. The highest BCUT2D eigenvalue weighted by Gasteiger charge is 2.21. The molecule has 0 bridgehead atoms. The van der Waals surface area contributed by atoms with Crippen LogP contribution in [-0.2, 0) is 10.0 Å². The number of benzene rings is 1. The smallest absolute Gasteiger partial charge is 0.250 e. The molecule has 0 aliphatic heterocycles. The van der Waals surface area contributed by atoms with Crippen LogP contribution in [0.5, 0.6) is 0 Å². The van der Waals surface area contributed by atoms with Crippen LogP contribution in [0.3, 0.4) is 0 Å². The molecule has 8 heteroatoms. The van der Waals surface area contributed by atoms with Gasteiger partial charge in [0.1, 0.15) is 10.0 Å². The molecule has 1 aromatic carbocycles. The molecule has 0 amide bonds. The second kappa shape index (κ2) is 7.06. The Kier molecular flexibility index (Phi) is 5.57. The van der Waals surface area contributed by atoms with Gasteiger partial charge in [-0.3, -0.25) is 0 Å². The standard InChI is InChI=1S/C14H16ClFN2O2S2/c1-18(2)12(10-3-5-11(16)6-4-10)9-17-22(19,20)14-8-7-13(15)21-14/h3-8,12,17H,9H2,1-2H3/t12-/m1/s1. The zero-order valence-electron chi connectivity index (χ0n) is 12.1. The molecule has 0 fully saturated rings. The molecule has 2 rings (SSSR count). The van der Waals surface area contributed by atoms with Gasteiger partial charge in [0, 0.05) is 12.6 Å². The Hall–Kier alpha value is -0.990. The van der Waals surface area contributed by atoms with Crippen LogP contribution < -0.4 is 4.72 Å². The van der Waals surface area contributed by atoms with Gasteiger partial charge in [-0.1, -0.05) is 23.7 Å². The molecule has 0 aliphatic rings. The van der Waals surface area contributed by atoms with Crippen molar-refractivity contribution in [1.29, 1.82) is 0 Å². The number of sulfonamides is 1. The summed E-state index contributed by atoms with van der Waals surface area (Å²) in [6.07, 6.45) is 0. The average Bonchev–Trinajstić information content (AvgIpc) is 2.88. The summed E-state index contributed by atoms with van der Waals surface area (Å²) in [5, 5.41) is 0. The molecular weight excluding hydrogens is 347 g/mol. The lowest BCUT2D eigenvalue weighted by molar-refractivity contribution is 0.299. The fraction of sp³-hybridized carbons (Fsp3) is 0.286. The van der Waals surface area contributed by atoms with Crippen molar-refractivity contribution in [2.24, 2.45) is 0 Å². The first-order chi connectivity index (χ1) is 10.3. The highest BCUT2D eigenvalue weighted by molar-refractivity contribution is 7.91. The third-order valence-corrected chi connectivity index (χ3v) is 6.30. The molecule has 4 nitrogen and oxygen atoms in total. The molecule has 2 aromatic rings. The van der Waals surface area contributed by atoms with E-state index in [1.807, 2.05) is 19.0 Å². The number of thiophene rings is 1. The lowest BCUT2D eigenvalue weighted by Gasteiger charge is -2.25. The molecule has 0 aliphatic carbocycles. The van der Waals surface area contributed by atoms with Gasteiger partial charge in [0.05, 0.1) is 4.34 Å². The largest absolute Gasteiger partial charge is 0.301 e. The zero-order valence-corrected chi connectivity index (χ0v) is 14.5. The van der Waals surface area contributed by atoms with E-state index in [9.17, 15) is 12.8 Å². The first-order valence-corrected chi connectivity index (χ1v) is 9.14. The number of rotatable bonds is 6. The normalized spacial score (nSPS) is 13.5. The van der Waals surface area contributed by atoms with Crippen LogP contribution in [-0.4, -0.2) is 34.0 Å². The Morgan fingerprint density at radius 3 is 2.36 bits per heavy atom. The van der Waals surface area contributed by atoms with E-state index < -0.39 is 10.0 Å². The maximum Gasteiger partial charge on any atom is 0.250 e. The topological polar surface area (TPSA) is 49.4 Å². The lowest BCUT2D eigenvalue weighted by Crippen LogP contribution is -2.34. The molecule has 0 radical (unpaired) electrons. The van der Waals surface area contributed by atoms with Gasteiger partial charge in [0.25, 0.3) is 0 Å². The van der Waals surface area contributed by atoms with Crippen LogP contribution in [0.2, 0.25) is 4.34 Å². The number of nitrogens with zero attached hydrogens (tertiary/aromatic N) is 1. The molecular formula is C14H16ClFN2O2S2. The van der Waals surface area contributed by atoms with Crippen molar-refractivity contribution < 1.29 is 12.8 Å². The first-order valence-electron chi connectivity index (χ1n) is 6.46. The van der Waals surface area contributed by atoms with Crippen LogP contribution >= 0.6 is 22.9 Å². The predicted molar refractivity (Wildman–Crippen MR) is 87.3 cm³/mol. The van der Waals surface area contributed by atoms with E-state index in [0.29, 0.717) is 4.34 Å². The summed E-state index contributed by atoms with van der Waals surface area (Å²) in [6, 6.07) is 8.83. The summed E-state index contributed by atoms with van der Waals surface area (Å²) in [4.78, 5) is 1.87. The minimum absolute atomic E-state index is 0.175. The molecule has 1 atom stereocenters. The summed E-state index contributed by atoms with van der Waals surface area (Å²) in [5.74, 6) is -0.324. The van der Waals surface area contributed by atoms with E-state index in [4.69, 9.17) is 11.6 Å². The predicted octanol–water partition coefficient (Wildman–Crippen LogP) is 3.12. The van der Waals surface area contributed by atoms with E-state index in [1.165, 1.54) is 18.2 Å². The van der Waals surface area contributed by atoms with Crippen LogP contribution in [0, 0.1) is 5.82 Å². The highest BCUT2D eigenvalue weighted by Crippen LogP contribution is 2.26. The van der Waals surface area contributed by atoms with Gasteiger partial charge in [0.15, 0.2) is 0 Å². The monoisotopic (exact) mass is 362 g/mol. The third kappa shape index (κ3) is 4.27. The molecule has 120 valence electrons. The minimum Gasteiger partial charge on any atom is -0.301 e. The summed E-state index contributed by atoms with van der Waals surface area (Å²) in [7, 11) is 0.0744. The summed E-state index contributed by atoms with van der Waals surface area (Å²) in [6.45, 7) is 0.177. The van der Waals surface area contributed by atoms with Gasteiger partial charge < -0.3 is 4.90 Å². The van der Waals surface area contributed by atoms with Crippen molar-refractivity contribution in [1.82, 2.24) is 9.62 Å². The number of hydrogen-bond acceptors (Lipinski definition) is 4. The molecule has 1 heterocycles. The van der Waals surface area contributed by atoms with Crippen LogP contribution in [0.4, 0.5) is 4.39 Å². The summed E-state index contributed by atoms with van der Waals surface area (Å²) >= 11 is 6.78. The third-order valence-electron chi connectivity index (χ3n) is 3.16. The van der Waals surface area contributed by atoms with Crippen LogP contribution in [0.15, 0.2) is 40.6 Å². The number of nitrogens with one attached hydrogen (secondary N) is 1. The van der Waals surface area contributed by atoms with Gasteiger partial charge in [-0.2, -0.15) is 0 Å². The summed E-state index contributed by atoms with van der Waals surface area (Å²) < 4.78 is 40.6. The Labute approximate surface area is 138 Å². The van der Waals surface area contributed by atoms with Gasteiger partial charge >= 0.3 is 0 Å². The SMILES string of the molecule is CN(C)[C@H](CNS(=O)(=O)c1ccc(Cl)s1)c1ccc(F)cc1. The van der Waals surface area contributed by atoms with Crippen molar-refractivity contribution in [3.8, 4) is 0 Å². The first kappa shape index (κ1) is 17.4. The molecule has 22 heavy (non-hydrogen) atoms. The molecule has 0 saturated carbocycles. The van der Waals surface area contributed by atoms with E-state index in [2.05, 4.69) is 4.72 Å². The minimum atomic E-state index is -3.60. The van der Waals surface area contributed by atoms with Gasteiger partial charge in [0.2, 0.25) is 10.0 Å². The number of likely N-dealkylation sites (N-methyl/N-ethyl adjacent to an activating group) is 1. The lowest BCUT2D eigenvalue weighted by atomic mass is 10.1. The maximum atomic E-state index is 13.0. The van der Waals surface area contributed by atoms with Crippen molar-refractivity contribution in [2.45, 2.75) is 10.3 Å².